The summed E-state index contributed by atoms with van der Waals surface area (Å²) < 4.78 is 0. The molecule has 1 N–H and O–H groups in total. The topological polar surface area (TPSA) is 29.1 Å². The summed E-state index contributed by atoms with van der Waals surface area (Å²) in [6, 6.07) is 7.91. The third-order valence-electron chi connectivity index (χ3n) is 2.05. The van der Waals surface area contributed by atoms with Gasteiger partial charge in [-0.3, -0.25) is 4.79 Å². The van der Waals surface area contributed by atoms with Crippen molar-refractivity contribution in [3.05, 3.63) is 42.5 Å². The lowest BCUT2D eigenvalue weighted by Crippen LogP contribution is -2.07. The first-order valence-corrected chi connectivity index (χ1v) is 6.55. The Morgan fingerprint density at radius 2 is 1.78 bits per heavy atom. The number of hydrogen-bond acceptors (Lipinski definition) is 1. The van der Waals surface area contributed by atoms with Crippen LogP contribution in [0.1, 0.15) is 39.7 Å². The van der Waals surface area contributed by atoms with Crippen molar-refractivity contribution in [1.29, 1.82) is 0 Å². The summed E-state index contributed by atoms with van der Waals surface area (Å²) in [6.45, 7) is 12.0. The molecule has 2 nitrogen and oxygen atoms in total. The number of rotatable bonds is 4. The Hall–Kier alpha value is -1.57. The number of carbonyl (C=O) groups is 1. The molecular formula is C16H25NO. The monoisotopic (exact) mass is 247 g/mol. The van der Waals surface area contributed by atoms with Crippen molar-refractivity contribution in [3.8, 4) is 0 Å². The molecule has 2 heteroatoms. The van der Waals surface area contributed by atoms with Gasteiger partial charge in [0.05, 0.1) is 0 Å². The molecule has 0 heterocycles. The fourth-order valence-corrected chi connectivity index (χ4v) is 1.39. The van der Waals surface area contributed by atoms with E-state index in [0.717, 1.165) is 12.1 Å². The molecule has 1 aromatic rings. The minimum absolute atomic E-state index is 0.174. The summed E-state index contributed by atoms with van der Waals surface area (Å²) in [7, 11) is 0. The summed E-state index contributed by atoms with van der Waals surface area (Å²) in [5, 5.41) is 2.72. The summed E-state index contributed by atoms with van der Waals surface area (Å²) in [5.41, 5.74) is 2.11. The first kappa shape index (κ1) is 16.4. The van der Waals surface area contributed by atoms with E-state index in [-0.39, 0.29) is 5.91 Å². The van der Waals surface area contributed by atoms with Crippen LogP contribution in [-0.2, 0) is 11.2 Å². The molecule has 1 rings (SSSR count). The van der Waals surface area contributed by atoms with E-state index in [4.69, 9.17) is 0 Å². The van der Waals surface area contributed by atoms with Gasteiger partial charge in [0.15, 0.2) is 0 Å². The van der Waals surface area contributed by atoms with Crippen molar-refractivity contribution in [2.45, 2.75) is 40.5 Å². The van der Waals surface area contributed by atoms with Crippen LogP contribution in [0.5, 0.6) is 0 Å². The molecule has 0 bridgehead atoms. The summed E-state index contributed by atoms with van der Waals surface area (Å²) in [5.74, 6) is 0.477. The summed E-state index contributed by atoms with van der Waals surface area (Å²) >= 11 is 0. The lowest BCUT2D eigenvalue weighted by atomic mass is 10.0. The predicted molar refractivity (Wildman–Crippen MR) is 79.8 cm³/mol. The minimum Gasteiger partial charge on any atom is -0.323 e. The van der Waals surface area contributed by atoms with Gasteiger partial charge in [-0.15, -0.1) is 0 Å². The van der Waals surface area contributed by atoms with Crippen LogP contribution in [0.25, 0.3) is 0 Å². The highest BCUT2D eigenvalue weighted by atomic mass is 16.1. The van der Waals surface area contributed by atoms with Crippen molar-refractivity contribution in [2.24, 2.45) is 5.92 Å². The van der Waals surface area contributed by atoms with Crippen molar-refractivity contribution < 1.29 is 4.79 Å². The second-order valence-electron chi connectivity index (χ2n) is 4.70. The maximum atomic E-state index is 11.0. The third kappa shape index (κ3) is 7.66. The first-order chi connectivity index (χ1) is 8.53. The van der Waals surface area contributed by atoms with Gasteiger partial charge in [0.2, 0.25) is 5.91 Å². The molecule has 0 unspecified atom stereocenters. The standard InChI is InChI=1S/C13H17NO.C3H8/c1-4-13(15)14-12-7-5-11(6-8-12)9-10(2)3;1-3-2/h4-8,10H,1,9H2,2-3H3,(H,14,15);3H2,1-2H3. The molecule has 1 aromatic carbocycles. The van der Waals surface area contributed by atoms with E-state index in [0.29, 0.717) is 5.92 Å². The highest BCUT2D eigenvalue weighted by molar-refractivity contribution is 5.98. The van der Waals surface area contributed by atoms with Crippen LogP contribution in [0.15, 0.2) is 36.9 Å². The van der Waals surface area contributed by atoms with E-state index >= 15 is 0 Å². The molecule has 0 saturated heterocycles. The molecule has 0 aliphatic heterocycles. The van der Waals surface area contributed by atoms with Crippen LogP contribution < -0.4 is 5.32 Å². The molecule has 0 radical (unpaired) electrons. The van der Waals surface area contributed by atoms with Crippen molar-refractivity contribution in [2.75, 3.05) is 5.32 Å². The number of anilines is 1. The lowest BCUT2D eigenvalue weighted by molar-refractivity contribution is -0.111. The van der Waals surface area contributed by atoms with Crippen molar-refractivity contribution >= 4 is 11.6 Å². The molecule has 100 valence electrons. The van der Waals surface area contributed by atoms with Gasteiger partial charge < -0.3 is 5.32 Å². The fraction of sp³-hybridized carbons (Fsp3) is 0.438. The van der Waals surface area contributed by atoms with E-state index in [1.807, 2.05) is 24.3 Å². The molecule has 0 spiro atoms. The Kier molecular flexibility index (Phi) is 8.63. The Labute approximate surface area is 111 Å². The molecule has 0 aliphatic rings. The first-order valence-electron chi connectivity index (χ1n) is 6.55. The van der Waals surface area contributed by atoms with Crippen LogP contribution in [0.2, 0.25) is 0 Å². The molecule has 18 heavy (non-hydrogen) atoms. The number of nitrogens with one attached hydrogen (secondary N) is 1. The fourth-order valence-electron chi connectivity index (χ4n) is 1.39. The average Bonchev–Trinajstić information content (AvgIpc) is 2.32. The van der Waals surface area contributed by atoms with Gasteiger partial charge in [0.1, 0.15) is 0 Å². The summed E-state index contributed by atoms with van der Waals surface area (Å²) in [4.78, 5) is 11.0. The quantitative estimate of drug-likeness (QED) is 0.784. The van der Waals surface area contributed by atoms with Gasteiger partial charge in [-0.1, -0.05) is 52.8 Å². The van der Waals surface area contributed by atoms with E-state index in [1.54, 1.807) is 0 Å². The zero-order valence-corrected chi connectivity index (χ0v) is 12.0. The maximum absolute atomic E-state index is 11.0. The van der Waals surface area contributed by atoms with Crippen LogP contribution >= 0.6 is 0 Å². The van der Waals surface area contributed by atoms with Gasteiger partial charge in [-0.25, -0.2) is 0 Å². The Bertz CT molecular complexity index is 352. The Morgan fingerprint density at radius 1 is 1.28 bits per heavy atom. The van der Waals surface area contributed by atoms with E-state index in [1.165, 1.54) is 18.1 Å². The zero-order chi connectivity index (χ0) is 14.0. The maximum Gasteiger partial charge on any atom is 0.247 e. The molecule has 0 atom stereocenters. The molecule has 0 fully saturated rings. The Morgan fingerprint density at radius 3 is 2.17 bits per heavy atom. The number of carbonyl (C=O) groups excluding carboxylic acids is 1. The van der Waals surface area contributed by atoms with Crippen LogP contribution in [0, 0.1) is 5.92 Å². The normalized spacial score (nSPS) is 9.39. The van der Waals surface area contributed by atoms with Gasteiger partial charge in [0, 0.05) is 5.69 Å². The lowest BCUT2D eigenvalue weighted by Gasteiger charge is -2.06. The van der Waals surface area contributed by atoms with Crippen molar-refractivity contribution in [1.82, 2.24) is 0 Å². The van der Waals surface area contributed by atoms with Crippen LogP contribution in [0.4, 0.5) is 5.69 Å². The Balaban J connectivity index is 0.000000873. The SMILES string of the molecule is C=CC(=O)Nc1ccc(CC(C)C)cc1.CCC. The second kappa shape index (κ2) is 9.46. The highest BCUT2D eigenvalue weighted by Gasteiger charge is 1.99. The molecule has 1 amide bonds. The molecule has 0 saturated carbocycles. The number of benzene rings is 1. The van der Waals surface area contributed by atoms with E-state index < -0.39 is 0 Å². The van der Waals surface area contributed by atoms with Gasteiger partial charge in [-0.05, 0) is 36.1 Å². The van der Waals surface area contributed by atoms with Gasteiger partial charge in [-0.2, -0.15) is 0 Å². The second-order valence-corrected chi connectivity index (χ2v) is 4.70. The smallest absolute Gasteiger partial charge is 0.247 e. The van der Waals surface area contributed by atoms with Crippen LogP contribution in [0.3, 0.4) is 0 Å². The van der Waals surface area contributed by atoms with Gasteiger partial charge in [0.25, 0.3) is 0 Å². The largest absolute Gasteiger partial charge is 0.323 e. The average molecular weight is 247 g/mol. The molecular weight excluding hydrogens is 222 g/mol. The number of hydrogen-bond donors (Lipinski definition) is 1. The predicted octanol–water partition coefficient (Wildman–Crippen LogP) is 4.43. The molecule has 0 aliphatic carbocycles. The highest BCUT2D eigenvalue weighted by Crippen LogP contribution is 2.12. The third-order valence-corrected chi connectivity index (χ3v) is 2.05. The molecule has 0 aromatic heterocycles. The minimum atomic E-state index is -0.174. The van der Waals surface area contributed by atoms with Gasteiger partial charge >= 0.3 is 0 Å². The van der Waals surface area contributed by atoms with Crippen molar-refractivity contribution in [3.63, 3.8) is 0 Å². The summed E-state index contributed by atoms with van der Waals surface area (Å²) in [6.07, 6.45) is 3.58. The van der Waals surface area contributed by atoms with Crippen LogP contribution in [-0.4, -0.2) is 5.91 Å². The number of amides is 1. The van der Waals surface area contributed by atoms with E-state index in [2.05, 4.69) is 39.6 Å². The zero-order valence-electron chi connectivity index (χ0n) is 12.0. The van der Waals surface area contributed by atoms with E-state index in [9.17, 15) is 4.79 Å².